The van der Waals surface area contributed by atoms with Gasteiger partial charge in [-0.3, -0.25) is 14.5 Å². The van der Waals surface area contributed by atoms with E-state index in [4.69, 9.17) is 0 Å². The molecule has 4 rings (SSSR count). The maximum absolute atomic E-state index is 13.4. The van der Waals surface area contributed by atoms with Gasteiger partial charge in [0.05, 0.1) is 12.1 Å². The first-order chi connectivity index (χ1) is 14.9. The third kappa shape index (κ3) is 4.26. The molecular weight excluding hydrogens is 391 g/mol. The number of hydrogen-bond acceptors (Lipinski definition) is 3. The van der Waals surface area contributed by atoms with E-state index in [9.17, 15) is 14.0 Å². The summed E-state index contributed by atoms with van der Waals surface area (Å²) in [7, 11) is 1.82. The molecule has 0 spiro atoms. The van der Waals surface area contributed by atoms with Gasteiger partial charge in [0.15, 0.2) is 0 Å². The van der Waals surface area contributed by atoms with E-state index in [1.165, 1.54) is 17.0 Å². The smallest absolute Gasteiger partial charge is 0.278 e. The van der Waals surface area contributed by atoms with Gasteiger partial charge in [0, 0.05) is 13.6 Å². The summed E-state index contributed by atoms with van der Waals surface area (Å²) in [6, 6.07) is 23.2. The minimum atomic E-state index is -0.357. The first kappa shape index (κ1) is 20.5. The summed E-state index contributed by atoms with van der Waals surface area (Å²) in [4.78, 5) is 29.9. The second-order valence-corrected chi connectivity index (χ2v) is 7.75. The quantitative estimate of drug-likeness (QED) is 0.556. The summed E-state index contributed by atoms with van der Waals surface area (Å²) in [5.74, 6) is -1.04. The number of nitrogens with zero attached hydrogens (tertiary/aromatic N) is 2. The molecule has 3 aromatic rings. The van der Waals surface area contributed by atoms with Crippen LogP contribution in [0.2, 0.25) is 0 Å². The third-order valence-electron chi connectivity index (χ3n) is 5.38. The fourth-order valence-electron chi connectivity index (χ4n) is 3.75. The Hall–Kier alpha value is -3.73. The number of carbonyl (C=O) groups is 2. The Kier molecular flexibility index (Phi) is 5.67. The van der Waals surface area contributed by atoms with Crippen LogP contribution in [-0.4, -0.2) is 28.7 Å². The molecule has 0 fully saturated rings. The highest BCUT2D eigenvalue weighted by molar-refractivity contribution is 6.35. The molecule has 0 radical (unpaired) electrons. The highest BCUT2D eigenvalue weighted by atomic mass is 19.1. The van der Waals surface area contributed by atoms with Gasteiger partial charge in [-0.05, 0) is 35.7 Å². The fraction of sp³-hybridized carbons (Fsp3) is 0.154. The van der Waals surface area contributed by atoms with Crippen molar-refractivity contribution in [2.45, 2.75) is 20.0 Å². The van der Waals surface area contributed by atoms with Gasteiger partial charge in [-0.2, -0.15) is 0 Å². The number of imide groups is 1. The van der Waals surface area contributed by atoms with Crippen molar-refractivity contribution in [2.75, 3.05) is 7.05 Å². The minimum absolute atomic E-state index is 0.0932. The number of carbonyl (C=O) groups excluding carboxylic acids is 2. The SMILES string of the molecule is Cc1ccc(C2=C(N(C)Cc3ccccc3)C(=O)N(Cc3ccc(F)cc3)C2=O)cc1. The molecule has 0 saturated carbocycles. The summed E-state index contributed by atoms with van der Waals surface area (Å²) in [6.07, 6.45) is 0. The van der Waals surface area contributed by atoms with Crippen LogP contribution in [0.4, 0.5) is 4.39 Å². The molecule has 1 heterocycles. The van der Waals surface area contributed by atoms with Crippen molar-refractivity contribution >= 4 is 17.4 Å². The highest BCUT2D eigenvalue weighted by Gasteiger charge is 2.40. The van der Waals surface area contributed by atoms with E-state index >= 15 is 0 Å². The van der Waals surface area contributed by atoms with Crippen LogP contribution in [0.15, 0.2) is 84.6 Å². The number of hydrogen-bond donors (Lipinski definition) is 0. The van der Waals surface area contributed by atoms with Gasteiger partial charge in [-0.1, -0.05) is 72.3 Å². The summed E-state index contributed by atoms with van der Waals surface area (Å²) < 4.78 is 13.3. The summed E-state index contributed by atoms with van der Waals surface area (Å²) in [5, 5.41) is 0. The van der Waals surface area contributed by atoms with Crippen molar-refractivity contribution in [3.8, 4) is 0 Å². The van der Waals surface area contributed by atoms with Crippen molar-refractivity contribution in [2.24, 2.45) is 0 Å². The largest absolute Gasteiger partial charge is 0.365 e. The van der Waals surface area contributed by atoms with Gasteiger partial charge >= 0.3 is 0 Å². The Bertz CT molecular complexity index is 1140. The third-order valence-corrected chi connectivity index (χ3v) is 5.38. The van der Waals surface area contributed by atoms with Gasteiger partial charge in [0.1, 0.15) is 11.5 Å². The molecule has 0 bridgehead atoms. The lowest BCUT2D eigenvalue weighted by molar-refractivity contribution is -0.138. The molecular formula is C26H23FN2O2. The van der Waals surface area contributed by atoms with E-state index in [1.807, 2.05) is 73.5 Å². The molecule has 0 N–H and O–H groups in total. The van der Waals surface area contributed by atoms with Crippen LogP contribution >= 0.6 is 0 Å². The van der Waals surface area contributed by atoms with Crippen LogP contribution in [0.25, 0.3) is 5.57 Å². The molecule has 31 heavy (non-hydrogen) atoms. The molecule has 0 atom stereocenters. The molecule has 156 valence electrons. The Morgan fingerprint density at radius 2 is 1.45 bits per heavy atom. The molecule has 1 aliphatic rings. The summed E-state index contributed by atoms with van der Waals surface area (Å²) in [5.41, 5.74) is 4.28. The molecule has 4 nitrogen and oxygen atoms in total. The lowest BCUT2D eigenvalue weighted by Crippen LogP contribution is -2.33. The molecule has 0 unspecified atom stereocenters. The molecule has 0 aromatic heterocycles. The number of rotatable bonds is 6. The zero-order valence-electron chi connectivity index (χ0n) is 17.5. The van der Waals surface area contributed by atoms with Gasteiger partial charge in [-0.15, -0.1) is 0 Å². The predicted octanol–water partition coefficient (Wildman–Crippen LogP) is 4.55. The molecule has 5 heteroatoms. The van der Waals surface area contributed by atoms with E-state index in [0.29, 0.717) is 28.9 Å². The lowest BCUT2D eigenvalue weighted by atomic mass is 10.0. The molecule has 0 saturated heterocycles. The monoisotopic (exact) mass is 414 g/mol. The van der Waals surface area contributed by atoms with Crippen LogP contribution in [0.5, 0.6) is 0 Å². The van der Waals surface area contributed by atoms with Gasteiger partial charge in [-0.25, -0.2) is 4.39 Å². The summed E-state index contributed by atoms with van der Waals surface area (Å²) >= 11 is 0. The normalized spacial score (nSPS) is 13.8. The Morgan fingerprint density at radius 3 is 2.10 bits per heavy atom. The van der Waals surface area contributed by atoms with Crippen molar-refractivity contribution in [3.05, 3.63) is 113 Å². The van der Waals surface area contributed by atoms with Crippen LogP contribution in [0.1, 0.15) is 22.3 Å². The first-order valence-corrected chi connectivity index (χ1v) is 10.1. The second kappa shape index (κ2) is 8.56. The molecule has 1 aliphatic heterocycles. The number of halogens is 1. The fourth-order valence-corrected chi connectivity index (χ4v) is 3.75. The zero-order chi connectivity index (χ0) is 22.0. The van der Waals surface area contributed by atoms with Crippen LogP contribution < -0.4 is 0 Å². The second-order valence-electron chi connectivity index (χ2n) is 7.75. The average Bonchev–Trinajstić information content (AvgIpc) is 3.01. The maximum Gasteiger partial charge on any atom is 0.278 e. The number of amides is 2. The van der Waals surface area contributed by atoms with Gasteiger partial charge in [0.25, 0.3) is 11.8 Å². The van der Waals surface area contributed by atoms with Crippen molar-refractivity contribution in [1.82, 2.24) is 9.80 Å². The highest BCUT2D eigenvalue weighted by Crippen LogP contribution is 2.33. The number of aryl methyl sites for hydroxylation is 1. The van der Waals surface area contributed by atoms with E-state index < -0.39 is 0 Å². The summed E-state index contributed by atoms with van der Waals surface area (Å²) in [6.45, 7) is 2.56. The number of likely N-dealkylation sites (N-methyl/N-ethyl adjacent to an activating group) is 1. The van der Waals surface area contributed by atoms with Crippen LogP contribution in [0.3, 0.4) is 0 Å². The van der Waals surface area contributed by atoms with E-state index in [0.717, 1.165) is 11.1 Å². The van der Waals surface area contributed by atoms with Crippen LogP contribution in [-0.2, 0) is 22.7 Å². The zero-order valence-corrected chi connectivity index (χ0v) is 17.5. The van der Waals surface area contributed by atoms with Gasteiger partial charge in [0.2, 0.25) is 0 Å². The van der Waals surface area contributed by atoms with Crippen LogP contribution in [0, 0.1) is 12.7 Å². The average molecular weight is 414 g/mol. The first-order valence-electron chi connectivity index (χ1n) is 10.1. The maximum atomic E-state index is 13.4. The Balaban J connectivity index is 1.71. The van der Waals surface area contributed by atoms with E-state index in [-0.39, 0.29) is 24.2 Å². The van der Waals surface area contributed by atoms with Crippen molar-refractivity contribution in [3.63, 3.8) is 0 Å². The number of benzene rings is 3. The molecule has 0 aliphatic carbocycles. The lowest BCUT2D eigenvalue weighted by Gasteiger charge is -2.21. The predicted molar refractivity (Wildman–Crippen MR) is 118 cm³/mol. The molecule has 2 amide bonds. The standard InChI is InChI=1S/C26H23FN2O2/c1-18-8-12-21(13-9-18)23-24(28(2)16-19-6-4-3-5-7-19)26(31)29(25(23)30)17-20-10-14-22(27)15-11-20/h3-15H,16-17H2,1-2H3. The van der Waals surface area contributed by atoms with Crippen molar-refractivity contribution < 1.29 is 14.0 Å². The Morgan fingerprint density at radius 1 is 0.806 bits per heavy atom. The van der Waals surface area contributed by atoms with Gasteiger partial charge < -0.3 is 4.90 Å². The van der Waals surface area contributed by atoms with E-state index in [2.05, 4.69) is 0 Å². The Labute approximate surface area is 181 Å². The van der Waals surface area contributed by atoms with E-state index in [1.54, 1.807) is 12.1 Å². The minimum Gasteiger partial charge on any atom is -0.365 e. The topological polar surface area (TPSA) is 40.6 Å². The molecule has 3 aromatic carbocycles. The van der Waals surface area contributed by atoms with Crippen molar-refractivity contribution in [1.29, 1.82) is 0 Å².